The van der Waals surface area contributed by atoms with Crippen molar-refractivity contribution in [2.45, 2.75) is 6.92 Å². The molecule has 0 spiro atoms. The normalized spacial score (nSPS) is 10.7. The number of carbonyl (C=O) groups excluding carboxylic acids is 1. The number of hydrogen-bond acceptors (Lipinski definition) is 5. The monoisotopic (exact) mass is 357 g/mol. The molecule has 0 radical (unpaired) electrons. The van der Waals surface area contributed by atoms with E-state index >= 15 is 0 Å². The maximum Gasteiger partial charge on any atom is 0.343 e. The van der Waals surface area contributed by atoms with Crippen LogP contribution in [0.2, 0.25) is 0 Å². The zero-order chi connectivity index (χ0) is 18.8. The largest absolute Gasteiger partial charge is 0.460 e. The minimum Gasteiger partial charge on any atom is -0.460 e. The number of aromatic nitrogens is 1. The number of hydrogen-bond donors (Lipinski definition) is 0. The first-order chi connectivity index (χ1) is 13.1. The van der Waals surface area contributed by atoms with Gasteiger partial charge in [-0.15, -0.1) is 0 Å². The summed E-state index contributed by atoms with van der Waals surface area (Å²) < 4.78 is 11.2. The maximum absolute atomic E-state index is 12.9. The van der Waals surface area contributed by atoms with Crippen LogP contribution in [0.1, 0.15) is 16.1 Å². The van der Waals surface area contributed by atoms with Gasteiger partial charge in [-0.1, -0.05) is 30.3 Å². The van der Waals surface area contributed by atoms with E-state index in [1.807, 2.05) is 30.3 Å². The Morgan fingerprint density at radius 3 is 2.48 bits per heavy atom. The van der Waals surface area contributed by atoms with Gasteiger partial charge in [-0.25, -0.2) is 4.79 Å². The van der Waals surface area contributed by atoms with Gasteiger partial charge in [0, 0.05) is 18.5 Å². The fourth-order valence-electron chi connectivity index (χ4n) is 2.94. The van der Waals surface area contributed by atoms with Gasteiger partial charge in [0.2, 0.25) is 5.43 Å². The Kier molecular flexibility index (Phi) is 4.26. The van der Waals surface area contributed by atoms with Crippen LogP contribution in [-0.2, 0) is 0 Å². The summed E-state index contributed by atoms with van der Waals surface area (Å²) in [5.74, 6) is 0.312. The zero-order valence-electron chi connectivity index (χ0n) is 14.5. The number of benzene rings is 2. The summed E-state index contributed by atoms with van der Waals surface area (Å²) in [7, 11) is 0. The van der Waals surface area contributed by atoms with E-state index in [1.165, 1.54) is 12.4 Å². The second-order valence-electron chi connectivity index (χ2n) is 6.01. The molecule has 5 nitrogen and oxygen atoms in total. The number of fused-ring (bicyclic) bond motifs is 1. The van der Waals surface area contributed by atoms with E-state index in [0.29, 0.717) is 33.6 Å². The van der Waals surface area contributed by atoms with E-state index < -0.39 is 5.97 Å². The third kappa shape index (κ3) is 3.22. The topological polar surface area (TPSA) is 69.4 Å². The highest BCUT2D eigenvalue weighted by Gasteiger charge is 2.15. The van der Waals surface area contributed by atoms with Crippen LogP contribution in [0.25, 0.3) is 22.1 Å². The van der Waals surface area contributed by atoms with Crippen molar-refractivity contribution in [2.24, 2.45) is 0 Å². The highest BCUT2D eigenvalue weighted by Crippen LogP contribution is 2.26. The Morgan fingerprint density at radius 2 is 1.74 bits per heavy atom. The molecule has 4 rings (SSSR count). The molecule has 2 aromatic heterocycles. The van der Waals surface area contributed by atoms with Crippen LogP contribution in [0.4, 0.5) is 0 Å². The van der Waals surface area contributed by atoms with Crippen molar-refractivity contribution in [1.82, 2.24) is 4.98 Å². The number of aryl methyl sites for hydroxylation is 1. The van der Waals surface area contributed by atoms with Crippen LogP contribution in [0.3, 0.4) is 0 Å². The van der Waals surface area contributed by atoms with Gasteiger partial charge >= 0.3 is 5.97 Å². The van der Waals surface area contributed by atoms with Crippen LogP contribution < -0.4 is 10.2 Å². The van der Waals surface area contributed by atoms with Crippen molar-refractivity contribution in [3.05, 3.63) is 94.6 Å². The van der Waals surface area contributed by atoms with E-state index in [-0.39, 0.29) is 5.43 Å². The molecule has 0 amide bonds. The van der Waals surface area contributed by atoms with Gasteiger partial charge in [0.25, 0.3) is 0 Å². The van der Waals surface area contributed by atoms with Crippen molar-refractivity contribution < 1.29 is 13.9 Å². The van der Waals surface area contributed by atoms with Gasteiger partial charge < -0.3 is 9.15 Å². The first kappa shape index (κ1) is 16.7. The lowest BCUT2D eigenvalue weighted by atomic mass is 10.0. The predicted molar refractivity (Wildman–Crippen MR) is 102 cm³/mol. The zero-order valence-corrected chi connectivity index (χ0v) is 14.5. The molecule has 0 fully saturated rings. The molecular weight excluding hydrogens is 342 g/mol. The van der Waals surface area contributed by atoms with Crippen molar-refractivity contribution >= 4 is 16.9 Å². The lowest BCUT2D eigenvalue weighted by molar-refractivity contribution is 0.0735. The molecule has 4 aromatic rings. The first-order valence-corrected chi connectivity index (χ1v) is 8.38. The Hall–Kier alpha value is -3.73. The lowest BCUT2D eigenvalue weighted by Gasteiger charge is -2.09. The minimum atomic E-state index is -0.503. The molecular formula is C22H15NO4. The minimum absolute atomic E-state index is 0.119. The van der Waals surface area contributed by atoms with Crippen LogP contribution >= 0.6 is 0 Å². The number of esters is 1. The van der Waals surface area contributed by atoms with Gasteiger partial charge in [-0.05, 0) is 36.8 Å². The smallest absolute Gasteiger partial charge is 0.343 e. The number of carbonyl (C=O) groups is 1. The summed E-state index contributed by atoms with van der Waals surface area (Å²) in [5.41, 5.74) is 1.98. The molecule has 0 aliphatic carbocycles. The predicted octanol–water partition coefficient (Wildman–Crippen LogP) is 4.38. The summed E-state index contributed by atoms with van der Waals surface area (Å²) in [6, 6.07) is 17.3. The Balaban J connectivity index is 1.74. The molecule has 2 aromatic carbocycles. The van der Waals surface area contributed by atoms with Crippen LogP contribution in [0.5, 0.6) is 5.75 Å². The SMILES string of the molecule is Cc1oc2cc(OC(=O)c3ccncc3)ccc2c(=O)c1-c1ccccc1. The molecule has 2 heterocycles. The summed E-state index contributed by atoms with van der Waals surface area (Å²) in [5, 5.41) is 0.433. The molecule has 0 unspecified atom stereocenters. The average Bonchev–Trinajstić information content (AvgIpc) is 2.69. The number of rotatable bonds is 3. The highest BCUT2D eigenvalue weighted by molar-refractivity contribution is 5.91. The van der Waals surface area contributed by atoms with Gasteiger partial charge in [0.1, 0.15) is 17.1 Å². The van der Waals surface area contributed by atoms with Crippen LogP contribution in [0.15, 0.2) is 82.3 Å². The third-order valence-corrected chi connectivity index (χ3v) is 4.23. The molecule has 0 saturated carbocycles. The molecule has 0 bridgehead atoms. The molecule has 5 heteroatoms. The Labute approximate surface area is 154 Å². The van der Waals surface area contributed by atoms with Crippen molar-refractivity contribution in [1.29, 1.82) is 0 Å². The fourth-order valence-corrected chi connectivity index (χ4v) is 2.94. The van der Waals surface area contributed by atoms with Crippen molar-refractivity contribution in [3.63, 3.8) is 0 Å². The first-order valence-electron chi connectivity index (χ1n) is 8.38. The third-order valence-electron chi connectivity index (χ3n) is 4.23. The molecule has 0 N–H and O–H groups in total. The molecule has 132 valence electrons. The van der Waals surface area contributed by atoms with Crippen LogP contribution in [-0.4, -0.2) is 11.0 Å². The number of pyridine rings is 1. The molecule has 0 aliphatic heterocycles. The summed E-state index contributed by atoms with van der Waals surface area (Å²) >= 11 is 0. The fraction of sp³-hybridized carbons (Fsp3) is 0.0455. The maximum atomic E-state index is 12.9. The van der Waals surface area contributed by atoms with Crippen molar-refractivity contribution in [3.8, 4) is 16.9 Å². The van der Waals surface area contributed by atoms with Gasteiger partial charge in [0.05, 0.1) is 16.5 Å². The van der Waals surface area contributed by atoms with Gasteiger partial charge in [-0.2, -0.15) is 0 Å². The number of nitrogens with zero attached hydrogens (tertiary/aromatic N) is 1. The van der Waals surface area contributed by atoms with E-state index in [4.69, 9.17) is 9.15 Å². The van der Waals surface area contributed by atoms with E-state index in [1.54, 1.807) is 37.3 Å². The molecule has 0 atom stereocenters. The molecule has 27 heavy (non-hydrogen) atoms. The van der Waals surface area contributed by atoms with E-state index in [0.717, 1.165) is 5.56 Å². The molecule has 0 saturated heterocycles. The summed E-state index contributed by atoms with van der Waals surface area (Å²) in [6.07, 6.45) is 3.04. The average molecular weight is 357 g/mol. The van der Waals surface area contributed by atoms with Crippen molar-refractivity contribution in [2.75, 3.05) is 0 Å². The lowest BCUT2D eigenvalue weighted by Crippen LogP contribution is -2.10. The Morgan fingerprint density at radius 1 is 1.00 bits per heavy atom. The van der Waals surface area contributed by atoms with E-state index in [2.05, 4.69) is 4.98 Å². The van der Waals surface area contributed by atoms with Crippen LogP contribution in [0, 0.1) is 6.92 Å². The standard InChI is InChI=1S/C22H15NO4/c1-14-20(15-5-3-2-4-6-15)21(24)18-8-7-17(13-19(18)26-14)27-22(25)16-9-11-23-12-10-16/h2-13H,1H3. The Bertz CT molecular complexity index is 1180. The second kappa shape index (κ2) is 6.88. The van der Waals surface area contributed by atoms with E-state index in [9.17, 15) is 9.59 Å². The highest BCUT2D eigenvalue weighted by atomic mass is 16.5. The summed E-state index contributed by atoms with van der Waals surface area (Å²) in [6.45, 7) is 1.75. The number of ether oxygens (including phenoxy) is 1. The molecule has 0 aliphatic rings. The van der Waals surface area contributed by atoms with Gasteiger partial charge in [-0.3, -0.25) is 9.78 Å². The second-order valence-corrected chi connectivity index (χ2v) is 6.01. The summed E-state index contributed by atoms with van der Waals surface area (Å²) in [4.78, 5) is 29.0. The van der Waals surface area contributed by atoms with Gasteiger partial charge in [0.15, 0.2) is 0 Å². The quantitative estimate of drug-likeness (QED) is 0.402.